The van der Waals surface area contributed by atoms with Gasteiger partial charge in [-0.1, -0.05) is 48.5 Å². The van der Waals surface area contributed by atoms with Crippen molar-refractivity contribution in [2.75, 3.05) is 64.1 Å². The average molecular weight is 548 g/mol. The van der Waals surface area contributed by atoms with E-state index < -0.39 is 77.8 Å². The SMILES string of the molecule is [2H]c1c([2H])c(N(C)C(=O)C([2H])([2H])N2CCN(C)CC2)c([2H])c([2H])c1C/C(=C1\C(=O)Nc2c([2H])c(C(=O)OC)c([2H])c([2H])c21)c1ccccc1. The summed E-state index contributed by atoms with van der Waals surface area (Å²) in [7, 11) is 4.15. The summed E-state index contributed by atoms with van der Waals surface area (Å²) >= 11 is 0. The molecule has 0 aliphatic carbocycles. The maximum atomic E-state index is 13.6. The summed E-state index contributed by atoms with van der Waals surface area (Å²) in [5, 5.41) is 2.52. The van der Waals surface area contributed by atoms with E-state index in [2.05, 4.69) is 5.32 Å². The number of allylic oxidation sites excluding steroid dienone is 1. The van der Waals surface area contributed by atoms with Gasteiger partial charge < -0.3 is 19.9 Å². The lowest BCUT2D eigenvalue weighted by Gasteiger charge is -2.32. The van der Waals surface area contributed by atoms with Crippen LogP contribution in [-0.4, -0.2) is 81.5 Å². The van der Waals surface area contributed by atoms with Gasteiger partial charge in [-0.2, -0.15) is 0 Å². The molecule has 8 heteroatoms. The zero-order valence-corrected chi connectivity index (χ0v) is 22.4. The number of hydrogen-bond acceptors (Lipinski definition) is 6. The van der Waals surface area contributed by atoms with Crippen LogP contribution < -0.4 is 10.2 Å². The van der Waals surface area contributed by atoms with Crippen LogP contribution in [0.2, 0.25) is 0 Å². The van der Waals surface area contributed by atoms with Gasteiger partial charge in [0.05, 0.1) is 37.1 Å². The lowest BCUT2D eigenvalue weighted by Crippen LogP contribution is -2.48. The summed E-state index contributed by atoms with van der Waals surface area (Å²) in [5.41, 5.74) is -0.930. The van der Waals surface area contributed by atoms with E-state index in [0.717, 1.165) is 12.0 Å². The highest BCUT2D eigenvalue weighted by atomic mass is 16.5. The fraction of sp³-hybridized carbons (Fsp3) is 0.281. The van der Waals surface area contributed by atoms with E-state index in [1.165, 1.54) is 11.9 Å². The Balaban J connectivity index is 1.65. The van der Waals surface area contributed by atoms with Gasteiger partial charge in [-0.05, 0) is 54.3 Å². The van der Waals surface area contributed by atoms with Crippen molar-refractivity contribution in [2.24, 2.45) is 0 Å². The highest BCUT2D eigenvalue weighted by Gasteiger charge is 2.29. The van der Waals surface area contributed by atoms with Crippen molar-refractivity contribution in [1.29, 1.82) is 0 Å². The van der Waals surface area contributed by atoms with Gasteiger partial charge in [0.15, 0.2) is 0 Å². The van der Waals surface area contributed by atoms with Crippen LogP contribution in [0.3, 0.4) is 0 Å². The summed E-state index contributed by atoms with van der Waals surface area (Å²) < 4.78 is 83.0. The molecule has 8 nitrogen and oxygen atoms in total. The lowest BCUT2D eigenvalue weighted by molar-refractivity contribution is -0.119. The number of rotatable bonds is 7. The molecule has 0 aromatic heterocycles. The first kappa shape index (κ1) is 18.1. The molecule has 2 aliphatic rings. The third kappa shape index (κ3) is 5.83. The minimum absolute atomic E-state index is 0.130. The van der Waals surface area contributed by atoms with Crippen molar-refractivity contribution in [3.8, 4) is 0 Å². The number of nitrogens with one attached hydrogen (secondary N) is 1. The van der Waals surface area contributed by atoms with Crippen molar-refractivity contribution in [3.63, 3.8) is 0 Å². The molecule has 1 saturated heterocycles. The van der Waals surface area contributed by atoms with Crippen LogP contribution in [0.5, 0.6) is 0 Å². The molecule has 0 radical (unpaired) electrons. The van der Waals surface area contributed by atoms with Gasteiger partial charge in [0, 0.05) is 50.2 Å². The summed E-state index contributed by atoms with van der Waals surface area (Å²) in [5.74, 6) is -2.84. The number of hydrogen-bond donors (Lipinski definition) is 1. The molecule has 0 unspecified atom stereocenters. The van der Waals surface area contributed by atoms with Crippen molar-refractivity contribution < 1.29 is 31.5 Å². The molecule has 0 saturated carbocycles. The minimum atomic E-state index is -2.48. The predicted molar refractivity (Wildman–Crippen MR) is 157 cm³/mol. The Morgan fingerprint density at radius 1 is 1.02 bits per heavy atom. The number of esters is 1. The molecular weight excluding hydrogens is 504 g/mol. The van der Waals surface area contributed by atoms with Gasteiger partial charge in [0.1, 0.15) is 0 Å². The van der Waals surface area contributed by atoms with Crippen LogP contribution in [0.25, 0.3) is 11.1 Å². The molecule has 40 heavy (non-hydrogen) atoms. The molecule has 2 heterocycles. The van der Waals surface area contributed by atoms with Crippen LogP contribution in [0.1, 0.15) is 39.4 Å². The molecule has 206 valence electrons. The number of piperazine rings is 1. The molecule has 3 aromatic rings. The molecule has 1 N–H and O–H groups in total. The van der Waals surface area contributed by atoms with Crippen molar-refractivity contribution in [3.05, 3.63) is 94.9 Å². The van der Waals surface area contributed by atoms with Crippen molar-refractivity contribution in [1.82, 2.24) is 9.80 Å². The zero-order chi connectivity index (χ0) is 36.1. The molecule has 5 rings (SSSR count). The molecule has 1 fully saturated rings. The molecule has 3 aromatic carbocycles. The second-order valence-electron chi connectivity index (χ2n) is 9.44. The largest absolute Gasteiger partial charge is 0.465 e. The van der Waals surface area contributed by atoms with Crippen LogP contribution in [-0.2, 0) is 20.7 Å². The second kappa shape index (κ2) is 11.9. The number of carbonyl (C=O) groups is 3. The van der Waals surface area contributed by atoms with Gasteiger partial charge in [0.25, 0.3) is 5.91 Å². The molecule has 0 spiro atoms. The summed E-state index contributed by atoms with van der Waals surface area (Å²) in [6, 6.07) is 4.41. The minimum Gasteiger partial charge on any atom is -0.465 e. The third-order valence-corrected chi connectivity index (χ3v) is 6.76. The first-order valence-corrected chi connectivity index (χ1v) is 12.7. The summed E-state index contributed by atoms with van der Waals surface area (Å²) in [6.45, 7) is -0.861. The van der Waals surface area contributed by atoms with Gasteiger partial charge in [-0.15, -0.1) is 0 Å². The number of ether oxygens (including phenoxy) is 1. The number of fused-ring (bicyclic) bond motifs is 1. The molecule has 0 bridgehead atoms. The number of benzene rings is 3. The van der Waals surface area contributed by atoms with Gasteiger partial charge >= 0.3 is 5.97 Å². The van der Waals surface area contributed by atoms with E-state index >= 15 is 0 Å². The first-order chi connectivity index (χ1) is 23.0. The topological polar surface area (TPSA) is 82.2 Å². The van der Waals surface area contributed by atoms with Gasteiger partial charge in [-0.3, -0.25) is 14.5 Å². The van der Waals surface area contributed by atoms with E-state index in [-0.39, 0.29) is 47.5 Å². The summed E-state index contributed by atoms with van der Waals surface area (Å²) in [6.07, 6.45) is -0.374. The number of likely N-dealkylation sites (N-methyl/N-ethyl adjacent to an activating group) is 2. The number of methoxy groups -OCH3 is 1. The predicted octanol–water partition coefficient (Wildman–Crippen LogP) is 3.79. The molecule has 2 aliphatic heterocycles. The summed E-state index contributed by atoms with van der Waals surface area (Å²) in [4.78, 5) is 43.6. The normalized spacial score (nSPS) is 20.3. The number of carbonyl (C=O) groups excluding carboxylic acids is 3. The standard InChI is InChI=1S/C32H34N4O4/c1-34-15-17-36(18-16-34)21-29(37)35(2)25-12-9-22(10-13-25)19-27(23-7-5-4-6-8-23)30-26-14-11-24(32(39)40-3)20-28(26)33-31(30)38/h4-14,20H,15-19,21H2,1-3H3,(H,33,38)/b30-27+/i9D,10D,11D,12D,13D,14D,20D,21D2. The molecule has 0 atom stereocenters. The highest BCUT2D eigenvalue weighted by molar-refractivity contribution is 6.37. The average Bonchev–Trinajstić information content (AvgIpc) is 3.43. The monoisotopic (exact) mass is 547 g/mol. The maximum Gasteiger partial charge on any atom is 0.337 e. The molecule has 2 amide bonds. The fourth-order valence-corrected chi connectivity index (χ4v) is 4.44. The Hall–Kier alpha value is -4.27. The van der Waals surface area contributed by atoms with Crippen LogP contribution in [0, 0.1) is 0 Å². The Morgan fingerprint density at radius 3 is 2.40 bits per heavy atom. The van der Waals surface area contributed by atoms with Gasteiger partial charge in [-0.25, -0.2) is 4.79 Å². The maximum absolute atomic E-state index is 13.6. The Bertz CT molecular complexity index is 1880. The van der Waals surface area contributed by atoms with Crippen LogP contribution in [0.15, 0.2) is 72.6 Å². The quantitative estimate of drug-likeness (QED) is 0.358. The van der Waals surface area contributed by atoms with Crippen LogP contribution >= 0.6 is 0 Å². The number of anilines is 2. The van der Waals surface area contributed by atoms with E-state index in [4.69, 9.17) is 17.1 Å². The smallest absolute Gasteiger partial charge is 0.337 e. The van der Waals surface area contributed by atoms with Crippen molar-refractivity contribution in [2.45, 2.75) is 6.42 Å². The second-order valence-corrected chi connectivity index (χ2v) is 9.44. The fourth-order valence-electron chi connectivity index (χ4n) is 4.44. The Kier molecular flexibility index (Phi) is 5.38. The van der Waals surface area contributed by atoms with E-state index in [0.29, 0.717) is 18.7 Å². The van der Waals surface area contributed by atoms with Crippen molar-refractivity contribution >= 4 is 40.3 Å². The third-order valence-electron chi connectivity index (χ3n) is 6.76. The Morgan fingerprint density at radius 2 is 1.73 bits per heavy atom. The Labute approximate surface area is 247 Å². The molecular formula is C32H34N4O4. The number of nitrogens with zero attached hydrogens (tertiary/aromatic N) is 3. The van der Waals surface area contributed by atoms with Gasteiger partial charge in [0.2, 0.25) is 5.91 Å². The van der Waals surface area contributed by atoms with E-state index in [1.54, 1.807) is 30.3 Å². The van der Waals surface area contributed by atoms with E-state index in [1.807, 2.05) is 11.9 Å². The first-order valence-electron chi connectivity index (χ1n) is 17.2. The lowest BCUT2D eigenvalue weighted by atomic mass is 9.90. The van der Waals surface area contributed by atoms with Crippen LogP contribution in [0.4, 0.5) is 11.4 Å². The van der Waals surface area contributed by atoms with E-state index in [9.17, 15) is 14.4 Å². The number of amides is 2. The highest BCUT2D eigenvalue weighted by Crippen LogP contribution is 2.39. The zero-order valence-electron chi connectivity index (χ0n) is 31.4.